The van der Waals surface area contributed by atoms with Crippen LogP contribution in [0.3, 0.4) is 0 Å². The Morgan fingerprint density at radius 3 is 2.65 bits per heavy atom. The predicted octanol–water partition coefficient (Wildman–Crippen LogP) is 5.51. The molecule has 0 unspecified atom stereocenters. The van der Waals surface area contributed by atoms with Crippen LogP contribution in [-0.2, 0) is 0 Å². The van der Waals surface area contributed by atoms with Crippen molar-refractivity contribution in [2.24, 2.45) is 4.99 Å². The summed E-state index contributed by atoms with van der Waals surface area (Å²) in [6, 6.07) is 6.12. The summed E-state index contributed by atoms with van der Waals surface area (Å²) in [6.07, 6.45) is 5.15. The third-order valence-electron chi connectivity index (χ3n) is 3.74. The van der Waals surface area contributed by atoms with Gasteiger partial charge in [0.1, 0.15) is 0 Å². The zero-order valence-corrected chi connectivity index (χ0v) is 13.6. The van der Waals surface area contributed by atoms with Crippen LogP contribution in [-0.4, -0.2) is 4.57 Å². The average Bonchev–Trinajstić information content (AvgIpc) is 3.04. The molecule has 106 valence electrons. The summed E-state index contributed by atoms with van der Waals surface area (Å²) in [7, 11) is 0. The van der Waals surface area contributed by atoms with Crippen LogP contribution in [0.15, 0.2) is 28.6 Å². The summed E-state index contributed by atoms with van der Waals surface area (Å²) in [6.45, 7) is 2.16. The molecule has 1 aliphatic rings. The van der Waals surface area contributed by atoms with Crippen LogP contribution in [0, 0.1) is 6.92 Å². The van der Waals surface area contributed by atoms with E-state index < -0.39 is 0 Å². The lowest BCUT2D eigenvalue weighted by atomic mass is 10.2. The maximum atomic E-state index is 6.06. The van der Waals surface area contributed by atoms with Crippen molar-refractivity contribution in [1.82, 2.24) is 4.57 Å². The van der Waals surface area contributed by atoms with E-state index in [0.717, 1.165) is 10.5 Å². The molecule has 20 heavy (non-hydrogen) atoms. The number of benzene rings is 1. The highest BCUT2D eigenvalue weighted by Gasteiger charge is 2.19. The van der Waals surface area contributed by atoms with Crippen molar-refractivity contribution in [2.45, 2.75) is 38.6 Å². The molecule has 0 saturated heterocycles. The number of hydrogen-bond donors (Lipinski definition) is 0. The van der Waals surface area contributed by atoms with Crippen LogP contribution < -0.4 is 4.80 Å². The normalized spacial score (nSPS) is 17.1. The van der Waals surface area contributed by atoms with Crippen molar-refractivity contribution < 1.29 is 0 Å². The predicted molar refractivity (Wildman–Crippen MR) is 86.2 cm³/mol. The van der Waals surface area contributed by atoms with E-state index in [1.54, 1.807) is 17.4 Å². The summed E-state index contributed by atoms with van der Waals surface area (Å²) in [5.74, 6) is 0. The molecule has 1 saturated carbocycles. The number of halogens is 2. The van der Waals surface area contributed by atoms with Gasteiger partial charge in [-0.25, -0.2) is 4.99 Å². The second-order valence-electron chi connectivity index (χ2n) is 5.18. The molecule has 2 aromatic rings. The molecule has 3 rings (SSSR count). The van der Waals surface area contributed by atoms with Crippen LogP contribution in [0.2, 0.25) is 10.0 Å². The lowest BCUT2D eigenvalue weighted by Crippen LogP contribution is -2.20. The summed E-state index contributed by atoms with van der Waals surface area (Å²) in [4.78, 5) is 5.80. The molecule has 0 N–H and O–H groups in total. The van der Waals surface area contributed by atoms with E-state index >= 15 is 0 Å². The van der Waals surface area contributed by atoms with Gasteiger partial charge in [0.2, 0.25) is 0 Å². The molecule has 0 bridgehead atoms. The number of aryl methyl sites for hydroxylation is 1. The van der Waals surface area contributed by atoms with Crippen LogP contribution in [0.25, 0.3) is 0 Å². The minimum atomic E-state index is 0.550. The Bertz CT molecular complexity index is 681. The molecular weight excluding hydrogens is 311 g/mol. The van der Waals surface area contributed by atoms with Gasteiger partial charge in [-0.2, -0.15) is 0 Å². The molecule has 0 amide bonds. The van der Waals surface area contributed by atoms with Crippen molar-refractivity contribution in [1.29, 1.82) is 0 Å². The SMILES string of the molecule is Cc1csc(=Nc2ccc(Cl)c(Cl)c2)n1C1CCCC1. The van der Waals surface area contributed by atoms with Gasteiger partial charge in [-0.05, 0) is 38.0 Å². The molecule has 1 fully saturated rings. The fourth-order valence-electron chi connectivity index (χ4n) is 2.75. The zero-order valence-electron chi connectivity index (χ0n) is 11.3. The maximum absolute atomic E-state index is 6.06. The summed E-state index contributed by atoms with van der Waals surface area (Å²) >= 11 is 13.7. The maximum Gasteiger partial charge on any atom is 0.190 e. The highest BCUT2D eigenvalue weighted by Crippen LogP contribution is 2.30. The quantitative estimate of drug-likeness (QED) is 0.692. The Morgan fingerprint density at radius 1 is 1.20 bits per heavy atom. The Morgan fingerprint density at radius 2 is 1.95 bits per heavy atom. The van der Waals surface area contributed by atoms with Crippen LogP contribution in [0.1, 0.15) is 37.4 Å². The van der Waals surface area contributed by atoms with E-state index in [0.29, 0.717) is 16.1 Å². The Balaban J connectivity index is 2.05. The lowest BCUT2D eigenvalue weighted by molar-refractivity contribution is 0.496. The van der Waals surface area contributed by atoms with Crippen LogP contribution in [0.4, 0.5) is 5.69 Å². The van der Waals surface area contributed by atoms with Crippen LogP contribution >= 0.6 is 34.5 Å². The number of hydrogen-bond acceptors (Lipinski definition) is 2. The fraction of sp³-hybridized carbons (Fsp3) is 0.400. The van der Waals surface area contributed by atoms with Crippen molar-refractivity contribution in [3.8, 4) is 0 Å². The third kappa shape index (κ3) is 2.80. The van der Waals surface area contributed by atoms with Gasteiger partial charge < -0.3 is 4.57 Å². The molecule has 5 heteroatoms. The van der Waals surface area contributed by atoms with E-state index in [4.69, 9.17) is 28.2 Å². The molecule has 1 heterocycles. The van der Waals surface area contributed by atoms with Gasteiger partial charge in [0, 0.05) is 17.1 Å². The summed E-state index contributed by atoms with van der Waals surface area (Å²) in [5, 5.41) is 3.29. The van der Waals surface area contributed by atoms with Gasteiger partial charge in [0.15, 0.2) is 4.80 Å². The summed E-state index contributed by atoms with van der Waals surface area (Å²) in [5.41, 5.74) is 2.15. The molecule has 0 atom stereocenters. The number of aromatic nitrogens is 1. The lowest BCUT2D eigenvalue weighted by Gasteiger charge is -2.13. The summed E-state index contributed by atoms with van der Waals surface area (Å²) < 4.78 is 2.38. The van der Waals surface area contributed by atoms with E-state index in [1.165, 1.54) is 31.4 Å². The number of thiazole rings is 1. The van der Waals surface area contributed by atoms with Gasteiger partial charge in [-0.15, -0.1) is 11.3 Å². The average molecular weight is 327 g/mol. The topological polar surface area (TPSA) is 17.3 Å². The van der Waals surface area contributed by atoms with E-state index in [-0.39, 0.29) is 0 Å². The van der Waals surface area contributed by atoms with E-state index in [2.05, 4.69) is 16.9 Å². The molecule has 0 spiro atoms. The second-order valence-corrected chi connectivity index (χ2v) is 6.83. The number of rotatable bonds is 2. The minimum absolute atomic E-state index is 0.550. The van der Waals surface area contributed by atoms with E-state index in [1.807, 2.05) is 12.1 Å². The van der Waals surface area contributed by atoms with Gasteiger partial charge in [-0.3, -0.25) is 0 Å². The molecule has 1 aliphatic carbocycles. The van der Waals surface area contributed by atoms with Crippen molar-refractivity contribution in [2.75, 3.05) is 0 Å². The number of nitrogens with zero attached hydrogens (tertiary/aromatic N) is 2. The first kappa shape index (κ1) is 14.2. The smallest absolute Gasteiger partial charge is 0.190 e. The second kappa shape index (κ2) is 5.92. The van der Waals surface area contributed by atoms with Gasteiger partial charge in [-0.1, -0.05) is 36.0 Å². The van der Waals surface area contributed by atoms with E-state index in [9.17, 15) is 0 Å². The molecule has 2 nitrogen and oxygen atoms in total. The van der Waals surface area contributed by atoms with Gasteiger partial charge >= 0.3 is 0 Å². The van der Waals surface area contributed by atoms with Gasteiger partial charge in [0.05, 0.1) is 15.7 Å². The highest BCUT2D eigenvalue weighted by molar-refractivity contribution is 7.07. The van der Waals surface area contributed by atoms with Crippen LogP contribution in [0.5, 0.6) is 0 Å². The first-order valence-corrected chi connectivity index (χ1v) is 8.45. The zero-order chi connectivity index (χ0) is 14.1. The molecule has 1 aromatic carbocycles. The van der Waals surface area contributed by atoms with Gasteiger partial charge in [0.25, 0.3) is 0 Å². The highest BCUT2D eigenvalue weighted by atomic mass is 35.5. The first-order chi connectivity index (χ1) is 9.65. The molecule has 1 aromatic heterocycles. The monoisotopic (exact) mass is 326 g/mol. The fourth-order valence-corrected chi connectivity index (χ4v) is 4.00. The standard InChI is InChI=1S/C15H16Cl2N2S/c1-10-9-20-15(19(10)12-4-2-3-5-12)18-11-6-7-13(16)14(17)8-11/h6-9,12H,2-5H2,1H3. The molecular formula is C15H16Cl2N2S. The third-order valence-corrected chi connectivity index (χ3v) is 5.44. The molecule has 0 radical (unpaired) electrons. The van der Waals surface area contributed by atoms with Crippen molar-refractivity contribution >= 4 is 40.2 Å². The molecule has 0 aliphatic heterocycles. The van der Waals surface area contributed by atoms with Crippen molar-refractivity contribution in [3.63, 3.8) is 0 Å². The largest absolute Gasteiger partial charge is 0.318 e. The van der Waals surface area contributed by atoms with Crippen molar-refractivity contribution in [3.05, 3.63) is 44.1 Å². The minimum Gasteiger partial charge on any atom is -0.318 e. The Labute approximate surface area is 132 Å². The Kier molecular flexibility index (Phi) is 4.20. The first-order valence-electron chi connectivity index (χ1n) is 6.81. The Hall–Kier alpha value is -0.770.